The number of para-hydroxylation sites is 2. The largest absolute Gasteiger partial charge is 0.280 e. The van der Waals surface area contributed by atoms with E-state index in [1.54, 1.807) is 0 Å². The van der Waals surface area contributed by atoms with E-state index in [0.717, 1.165) is 16.8 Å². The Bertz CT molecular complexity index is 3120. The normalized spacial score (nSPS) is 15.2. The zero-order valence-corrected chi connectivity index (χ0v) is 31.2. The van der Waals surface area contributed by atoms with Gasteiger partial charge in [-0.2, -0.15) is 0 Å². The molecule has 12 rings (SSSR count). The molecule has 3 aliphatic rings. The van der Waals surface area contributed by atoms with Crippen molar-refractivity contribution in [2.45, 2.75) is 45.4 Å². The summed E-state index contributed by atoms with van der Waals surface area (Å²) in [5.41, 5.74) is 21.4. The smallest absolute Gasteiger partial charge is 0.244 e. The fourth-order valence-corrected chi connectivity index (χ4v) is 10.9. The molecule has 0 unspecified atom stereocenters. The highest BCUT2D eigenvalue weighted by Gasteiger charge is 2.58. The van der Waals surface area contributed by atoms with Gasteiger partial charge in [0.25, 0.3) is 0 Å². The summed E-state index contributed by atoms with van der Waals surface area (Å²) in [4.78, 5) is 5.56. The third kappa shape index (κ3) is 3.48. The summed E-state index contributed by atoms with van der Waals surface area (Å²) in [6.45, 7) is 11.6. The zero-order valence-electron chi connectivity index (χ0n) is 31.2. The van der Waals surface area contributed by atoms with E-state index < -0.39 is 5.41 Å². The predicted molar refractivity (Wildman–Crippen MR) is 226 cm³/mol. The van der Waals surface area contributed by atoms with E-state index in [9.17, 15) is 0 Å². The standard InChI is InChI=1S/C50H38BN3/c1-29-23-26-42-44-43(29)30(2)27-39-46(44)54(48-52-40-21-13-14-22-41(40)53(42)48)45-35-25-24-31(49(3,4)5)28-38(35)50(47(45)51(39)32-15-7-6-8-16-32)36-19-11-9-17-33(36)34-18-10-12-20-37(34)50/h6-28H,1-5H3. The van der Waals surface area contributed by atoms with Gasteiger partial charge < -0.3 is 0 Å². The first kappa shape index (κ1) is 30.3. The highest BCUT2D eigenvalue weighted by atomic mass is 15.2. The summed E-state index contributed by atoms with van der Waals surface area (Å²) in [7, 11) is 0. The van der Waals surface area contributed by atoms with E-state index in [4.69, 9.17) is 4.98 Å². The van der Waals surface area contributed by atoms with Gasteiger partial charge in [-0.25, -0.2) is 4.98 Å². The van der Waals surface area contributed by atoms with Crippen molar-refractivity contribution in [3.8, 4) is 11.1 Å². The van der Waals surface area contributed by atoms with Gasteiger partial charge in [-0.05, 0) is 98.3 Å². The Morgan fingerprint density at radius 3 is 2.02 bits per heavy atom. The quantitative estimate of drug-likeness (QED) is 0.157. The van der Waals surface area contributed by atoms with Crippen molar-refractivity contribution in [3.63, 3.8) is 0 Å². The van der Waals surface area contributed by atoms with Gasteiger partial charge in [-0.1, -0.05) is 148 Å². The second-order valence-corrected chi connectivity index (χ2v) is 16.8. The minimum Gasteiger partial charge on any atom is -0.280 e. The molecule has 0 radical (unpaired) electrons. The first-order valence-electron chi connectivity index (χ1n) is 19.3. The molecule has 1 aliphatic heterocycles. The number of benzene rings is 7. The molecular formula is C50H38BN3. The van der Waals surface area contributed by atoms with Crippen LogP contribution in [-0.4, -0.2) is 20.7 Å². The molecule has 256 valence electrons. The summed E-state index contributed by atoms with van der Waals surface area (Å²) >= 11 is 0. The minimum absolute atomic E-state index is 0.00969. The van der Waals surface area contributed by atoms with Crippen LogP contribution in [0.2, 0.25) is 0 Å². The van der Waals surface area contributed by atoms with E-state index in [1.807, 2.05) is 0 Å². The maximum atomic E-state index is 5.56. The second kappa shape index (κ2) is 10.1. The molecule has 4 heteroatoms. The summed E-state index contributed by atoms with van der Waals surface area (Å²) in [6, 6.07) is 52.9. The van der Waals surface area contributed by atoms with Crippen LogP contribution in [0.5, 0.6) is 0 Å². The summed E-state index contributed by atoms with van der Waals surface area (Å²) in [6.07, 6.45) is 0. The van der Waals surface area contributed by atoms with Crippen molar-refractivity contribution in [2.24, 2.45) is 0 Å². The van der Waals surface area contributed by atoms with Crippen LogP contribution in [-0.2, 0) is 10.8 Å². The van der Waals surface area contributed by atoms with Crippen LogP contribution >= 0.6 is 0 Å². The summed E-state index contributed by atoms with van der Waals surface area (Å²) in [5, 5.41) is 2.65. The first-order chi connectivity index (χ1) is 26.3. The lowest BCUT2D eigenvalue weighted by Gasteiger charge is -2.39. The van der Waals surface area contributed by atoms with Gasteiger partial charge in [0, 0.05) is 16.6 Å². The Morgan fingerprint density at radius 1 is 0.593 bits per heavy atom. The van der Waals surface area contributed by atoms with Crippen molar-refractivity contribution in [1.82, 2.24) is 14.0 Å². The number of aryl methyl sites for hydroxylation is 2. The van der Waals surface area contributed by atoms with Gasteiger partial charge in [-0.15, -0.1) is 0 Å². The van der Waals surface area contributed by atoms with E-state index >= 15 is 0 Å². The summed E-state index contributed by atoms with van der Waals surface area (Å²) < 4.78 is 5.03. The number of nitrogens with zero attached hydrogens (tertiary/aromatic N) is 3. The molecule has 2 aliphatic carbocycles. The Hall–Kier alpha value is -6.13. The minimum atomic E-state index is -0.524. The fraction of sp³-hybridized carbons (Fsp3) is 0.140. The Labute approximate surface area is 315 Å². The SMILES string of the molecule is Cc1ccc2c3c1c(C)cc1c3n(c3nc4ccccc4n23)C2=C(B1c1ccccc1)C1(c3cc(C(C)(C)C)ccc32)c2ccccc2-c2ccccc21. The Morgan fingerprint density at radius 2 is 1.28 bits per heavy atom. The van der Waals surface area contributed by atoms with E-state index in [2.05, 4.69) is 183 Å². The lowest BCUT2D eigenvalue weighted by Crippen LogP contribution is -2.52. The maximum absolute atomic E-state index is 5.56. The van der Waals surface area contributed by atoms with E-state index in [-0.39, 0.29) is 12.1 Å². The number of aromatic nitrogens is 3. The molecular weight excluding hydrogens is 653 g/mol. The van der Waals surface area contributed by atoms with Crippen LogP contribution in [0.25, 0.3) is 55.4 Å². The monoisotopic (exact) mass is 691 g/mol. The number of allylic oxidation sites excluding steroid dienone is 1. The molecule has 3 nitrogen and oxygen atoms in total. The molecule has 0 saturated heterocycles. The molecule has 0 fully saturated rings. The lowest BCUT2D eigenvalue weighted by molar-refractivity contribution is 0.588. The molecule has 2 aromatic heterocycles. The van der Waals surface area contributed by atoms with Crippen molar-refractivity contribution >= 4 is 62.0 Å². The molecule has 7 aromatic carbocycles. The highest BCUT2D eigenvalue weighted by Crippen LogP contribution is 2.64. The Balaban J connectivity index is 1.39. The number of fused-ring (bicyclic) bond motifs is 15. The van der Waals surface area contributed by atoms with Crippen molar-refractivity contribution in [2.75, 3.05) is 0 Å². The molecule has 0 amide bonds. The Kier molecular flexibility index (Phi) is 5.67. The number of rotatable bonds is 1. The molecule has 9 aromatic rings. The molecule has 54 heavy (non-hydrogen) atoms. The average Bonchev–Trinajstić information content (AvgIpc) is 3.82. The van der Waals surface area contributed by atoms with Crippen molar-refractivity contribution in [3.05, 3.63) is 184 Å². The third-order valence-corrected chi connectivity index (χ3v) is 13.0. The van der Waals surface area contributed by atoms with Crippen LogP contribution in [0.3, 0.4) is 0 Å². The highest BCUT2D eigenvalue weighted by molar-refractivity contribution is 6.94. The first-order valence-corrected chi connectivity index (χ1v) is 19.3. The third-order valence-electron chi connectivity index (χ3n) is 13.0. The van der Waals surface area contributed by atoms with Crippen LogP contribution < -0.4 is 10.9 Å². The number of imidazole rings is 1. The lowest BCUT2D eigenvalue weighted by atomic mass is 9.31. The van der Waals surface area contributed by atoms with Crippen LogP contribution in [0.1, 0.15) is 59.7 Å². The van der Waals surface area contributed by atoms with Gasteiger partial charge >= 0.3 is 0 Å². The molecule has 3 heterocycles. The molecule has 0 saturated carbocycles. The zero-order chi connectivity index (χ0) is 36.2. The van der Waals surface area contributed by atoms with Crippen LogP contribution in [0.4, 0.5) is 0 Å². The van der Waals surface area contributed by atoms with Crippen molar-refractivity contribution in [1.29, 1.82) is 0 Å². The maximum Gasteiger partial charge on any atom is 0.244 e. The van der Waals surface area contributed by atoms with Gasteiger partial charge in [0.1, 0.15) is 0 Å². The molecule has 0 atom stereocenters. The second-order valence-electron chi connectivity index (χ2n) is 16.8. The van der Waals surface area contributed by atoms with Gasteiger partial charge in [0.15, 0.2) is 0 Å². The van der Waals surface area contributed by atoms with Crippen LogP contribution in [0, 0.1) is 13.8 Å². The average molecular weight is 692 g/mol. The van der Waals surface area contributed by atoms with Crippen LogP contribution in [0.15, 0.2) is 145 Å². The molecule has 0 N–H and O–H groups in total. The van der Waals surface area contributed by atoms with E-state index in [1.165, 1.54) is 94.0 Å². The van der Waals surface area contributed by atoms with Gasteiger partial charge in [-0.3, -0.25) is 8.97 Å². The summed E-state index contributed by atoms with van der Waals surface area (Å²) in [5.74, 6) is 0.959. The molecule has 1 spiro atoms. The topological polar surface area (TPSA) is 22.2 Å². The van der Waals surface area contributed by atoms with Gasteiger partial charge in [0.05, 0.1) is 27.5 Å². The molecule has 0 bridgehead atoms. The fourth-order valence-electron chi connectivity index (χ4n) is 10.9. The number of hydrogen-bond acceptors (Lipinski definition) is 1. The van der Waals surface area contributed by atoms with E-state index in [0.29, 0.717) is 0 Å². The van der Waals surface area contributed by atoms with Crippen molar-refractivity contribution < 1.29 is 0 Å². The predicted octanol–water partition coefficient (Wildman–Crippen LogP) is 10.3. The van der Waals surface area contributed by atoms with Gasteiger partial charge in [0.2, 0.25) is 12.5 Å². The number of hydrogen-bond donors (Lipinski definition) is 0.